The van der Waals surface area contributed by atoms with Gasteiger partial charge in [-0.15, -0.1) is 0 Å². The highest BCUT2D eigenvalue weighted by Crippen LogP contribution is 2.22. The Labute approximate surface area is 162 Å². The van der Waals surface area contributed by atoms with Crippen LogP contribution in [0.2, 0.25) is 0 Å². The molecular weight excluding hydrogens is 340 g/mol. The lowest BCUT2D eigenvalue weighted by Gasteiger charge is -2.33. The number of likely N-dealkylation sites (tertiary alicyclic amines) is 1. The van der Waals surface area contributed by atoms with Crippen LogP contribution in [0.25, 0.3) is 0 Å². The van der Waals surface area contributed by atoms with E-state index in [0.29, 0.717) is 19.5 Å². The number of carbonyl (C=O) groups is 2. The van der Waals surface area contributed by atoms with Crippen LogP contribution in [0.3, 0.4) is 0 Å². The number of hydrogen-bond donors (Lipinski definition) is 0. The van der Waals surface area contributed by atoms with Crippen molar-refractivity contribution in [1.82, 2.24) is 9.80 Å². The lowest BCUT2D eigenvalue weighted by Crippen LogP contribution is -2.45. The molecule has 1 aliphatic rings. The number of nitrogens with zero attached hydrogens (tertiary/aromatic N) is 4. The number of amides is 2. The molecule has 0 bridgehead atoms. The molecule has 1 aromatic rings. The largest absolute Gasteiger partial charge is 0.349 e. The van der Waals surface area contributed by atoms with Gasteiger partial charge in [0.25, 0.3) is 0 Å². The van der Waals surface area contributed by atoms with E-state index >= 15 is 0 Å². The maximum absolute atomic E-state index is 13.0. The number of carbonyl (C=O) groups excluding carboxylic acids is 2. The molecule has 2 rings (SSSR count). The molecule has 0 saturated carbocycles. The van der Waals surface area contributed by atoms with Gasteiger partial charge in [-0.25, -0.2) is 0 Å². The molecule has 0 aliphatic carbocycles. The van der Waals surface area contributed by atoms with Crippen LogP contribution >= 0.6 is 0 Å². The maximum atomic E-state index is 13.0. The third-order valence-electron chi connectivity index (χ3n) is 5.00. The SMILES string of the molecule is Cc1cc(C)cc(N(CCC#N)C(=O)CN2CCC(C(=O)N(C)C)CC2)c1. The summed E-state index contributed by atoms with van der Waals surface area (Å²) in [6, 6.07) is 8.19. The van der Waals surface area contributed by atoms with Gasteiger partial charge in [-0.2, -0.15) is 5.26 Å². The molecule has 0 spiro atoms. The fourth-order valence-electron chi connectivity index (χ4n) is 3.65. The minimum Gasteiger partial charge on any atom is -0.349 e. The number of hydrogen-bond acceptors (Lipinski definition) is 4. The molecule has 0 radical (unpaired) electrons. The van der Waals surface area contributed by atoms with Crippen LogP contribution in [0, 0.1) is 31.1 Å². The van der Waals surface area contributed by atoms with E-state index in [4.69, 9.17) is 5.26 Å². The Morgan fingerprint density at radius 2 is 1.74 bits per heavy atom. The van der Waals surface area contributed by atoms with Gasteiger partial charge in [-0.3, -0.25) is 14.5 Å². The molecule has 2 amide bonds. The van der Waals surface area contributed by atoms with E-state index in [1.165, 1.54) is 0 Å². The van der Waals surface area contributed by atoms with Gasteiger partial charge in [0.15, 0.2) is 0 Å². The maximum Gasteiger partial charge on any atom is 0.241 e. The number of rotatable bonds is 6. The van der Waals surface area contributed by atoms with Gasteiger partial charge in [-0.05, 0) is 63.0 Å². The van der Waals surface area contributed by atoms with Crippen molar-refractivity contribution in [3.8, 4) is 6.07 Å². The van der Waals surface area contributed by atoms with E-state index in [1.54, 1.807) is 23.9 Å². The van der Waals surface area contributed by atoms with E-state index in [9.17, 15) is 9.59 Å². The van der Waals surface area contributed by atoms with Crippen LogP contribution in [0.1, 0.15) is 30.4 Å². The summed E-state index contributed by atoms with van der Waals surface area (Å²) >= 11 is 0. The summed E-state index contributed by atoms with van der Waals surface area (Å²) in [7, 11) is 3.57. The predicted octanol–water partition coefficient (Wildman–Crippen LogP) is 2.35. The fraction of sp³-hybridized carbons (Fsp3) is 0.571. The van der Waals surface area contributed by atoms with Gasteiger partial charge in [-0.1, -0.05) is 6.07 Å². The van der Waals surface area contributed by atoms with Crippen molar-refractivity contribution < 1.29 is 9.59 Å². The lowest BCUT2D eigenvalue weighted by atomic mass is 9.95. The molecule has 1 aromatic carbocycles. The van der Waals surface area contributed by atoms with E-state index in [1.807, 2.05) is 26.0 Å². The predicted molar refractivity (Wildman–Crippen MR) is 106 cm³/mol. The topological polar surface area (TPSA) is 67.6 Å². The summed E-state index contributed by atoms with van der Waals surface area (Å²) in [5, 5.41) is 8.97. The van der Waals surface area contributed by atoms with Crippen LogP contribution in [-0.2, 0) is 9.59 Å². The first-order valence-corrected chi connectivity index (χ1v) is 9.51. The van der Waals surface area contributed by atoms with Gasteiger partial charge in [0.05, 0.1) is 19.0 Å². The Morgan fingerprint density at radius 1 is 1.15 bits per heavy atom. The Morgan fingerprint density at radius 3 is 2.26 bits per heavy atom. The molecule has 27 heavy (non-hydrogen) atoms. The van der Waals surface area contributed by atoms with Gasteiger partial charge in [0.1, 0.15) is 0 Å². The molecule has 146 valence electrons. The zero-order chi connectivity index (χ0) is 20.0. The smallest absolute Gasteiger partial charge is 0.241 e. The lowest BCUT2D eigenvalue weighted by molar-refractivity contribution is -0.134. The van der Waals surface area contributed by atoms with Crippen LogP contribution in [0.15, 0.2) is 18.2 Å². The molecular formula is C21H30N4O2. The highest BCUT2D eigenvalue weighted by atomic mass is 16.2. The van der Waals surface area contributed by atoms with E-state index in [-0.39, 0.29) is 17.7 Å². The number of piperidine rings is 1. The Kier molecular flexibility index (Phi) is 7.37. The zero-order valence-corrected chi connectivity index (χ0v) is 16.9. The Balaban J connectivity index is 2.02. The summed E-state index contributed by atoms with van der Waals surface area (Å²) in [5.74, 6) is 0.236. The van der Waals surface area contributed by atoms with Crippen molar-refractivity contribution in [3.63, 3.8) is 0 Å². The molecule has 1 aliphatic heterocycles. The zero-order valence-electron chi connectivity index (χ0n) is 16.9. The molecule has 0 N–H and O–H groups in total. The molecule has 0 atom stereocenters. The number of nitriles is 1. The van der Waals surface area contributed by atoms with E-state index in [2.05, 4.69) is 17.0 Å². The summed E-state index contributed by atoms with van der Waals surface area (Å²) < 4.78 is 0. The highest BCUT2D eigenvalue weighted by molar-refractivity contribution is 5.95. The summed E-state index contributed by atoms with van der Waals surface area (Å²) in [4.78, 5) is 30.6. The fourth-order valence-corrected chi connectivity index (χ4v) is 3.65. The Bertz CT molecular complexity index is 695. The van der Waals surface area contributed by atoms with Crippen LogP contribution < -0.4 is 4.90 Å². The van der Waals surface area contributed by atoms with Crippen molar-refractivity contribution in [3.05, 3.63) is 29.3 Å². The molecule has 1 heterocycles. The molecule has 0 unspecified atom stereocenters. The molecule has 6 heteroatoms. The average molecular weight is 370 g/mol. The number of benzene rings is 1. The second-order valence-corrected chi connectivity index (χ2v) is 7.58. The van der Waals surface area contributed by atoms with Crippen molar-refractivity contribution in [1.29, 1.82) is 5.26 Å². The van der Waals surface area contributed by atoms with Crippen molar-refractivity contribution >= 4 is 17.5 Å². The van der Waals surface area contributed by atoms with Crippen molar-refractivity contribution in [2.45, 2.75) is 33.1 Å². The second-order valence-electron chi connectivity index (χ2n) is 7.58. The molecule has 6 nitrogen and oxygen atoms in total. The molecule has 0 aromatic heterocycles. The van der Waals surface area contributed by atoms with Crippen LogP contribution in [0.5, 0.6) is 0 Å². The second kappa shape index (κ2) is 9.52. The standard InChI is InChI=1S/C21H30N4O2/c1-16-12-17(2)14-19(13-16)25(9-5-8-22)20(26)15-24-10-6-18(7-11-24)21(27)23(3)4/h12-14,18H,5-7,9-11,15H2,1-4H3. The minimum atomic E-state index is 0.00707. The highest BCUT2D eigenvalue weighted by Gasteiger charge is 2.28. The normalized spacial score (nSPS) is 15.2. The summed E-state index contributed by atoms with van der Waals surface area (Å²) in [5.41, 5.74) is 3.05. The van der Waals surface area contributed by atoms with Crippen LogP contribution in [0.4, 0.5) is 5.69 Å². The first kappa shape index (κ1) is 20.9. The third-order valence-corrected chi connectivity index (χ3v) is 5.00. The first-order chi connectivity index (χ1) is 12.8. The molecule has 1 saturated heterocycles. The van der Waals surface area contributed by atoms with Gasteiger partial charge in [0.2, 0.25) is 11.8 Å². The summed E-state index contributed by atoms with van der Waals surface area (Å²) in [6.07, 6.45) is 1.87. The number of aryl methyl sites for hydroxylation is 2. The quantitative estimate of drug-likeness (QED) is 0.771. The minimum absolute atomic E-state index is 0.00707. The third kappa shape index (κ3) is 5.80. The first-order valence-electron chi connectivity index (χ1n) is 9.51. The Hall–Kier alpha value is -2.39. The van der Waals surface area contributed by atoms with E-state index < -0.39 is 0 Å². The van der Waals surface area contributed by atoms with Crippen LogP contribution in [-0.4, -0.2) is 61.9 Å². The molecule has 1 fully saturated rings. The van der Waals surface area contributed by atoms with E-state index in [0.717, 1.165) is 42.7 Å². The monoisotopic (exact) mass is 370 g/mol. The van der Waals surface area contributed by atoms with Crippen molar-refractivity contribution in [2.24, 2.45) is 5.92 Å². The summed E-state index contributed by atoms with van der Waals surface area (Å²) in [6.45, 7) is 6.23. The van der Waals surface area contributed by atoms with Gasteiger partial charge in [0, 0.05) is 32.2 Å². The van der Waals surface area contributed by atoms with Gasteiger partial charge >= 0.3 is 0 Å². The van der Waals surface area contributed by atoms with Crippen molar-refractivity contribution in [2.75, 3.05) is 45.2 Å². The average Bonchev–Trinajstić information content (AvgIpc) is 2.61. The number of anilines is 1. The van der Waals surface area contributed by atoms with Gasteiger partial charge < -0.3 is 9.80 Å².